The molecule has 1 unspecified atom stereocenters. The van der Waals surface area contributed by atoms with Crippen molar-refractivity contribution in [3.8, 4) is 0 Å². The van der Waals surface area contributed by atoms with Crippen LogP contribution >= 0.6 is 0 Å². The Bertz CT molecular complexity index is 1540. The largest absolute Gasteiger partial charge is 0.462 e. The van der Waals surface area contributed by atoms with Crippen molar-refractivity contribution in [3.63, 3.8) is 0 Å². The van der Waals surface area contributed by atoms with E-state index >= 15 is 0 Å². The second-order valence-corrected chi connectivity index (χ2v) is 19.5. The lowest BCUT2D eigenvalue weighted by molar-refractivity contribution is -0.166. The lowest BCUT2D eigenvalue weighted by Crippen LogP contribution is -2.30. The predicted octanol–water partition coefficient (Wildman–Crippen LogP) is 20.4. The molecule has 0 aliphatic rings. The number of esters is 3. The minimum Gasteiger partial charge on any atom is -0.462 e. The molecule has 0 bridgehead atoms. The van der Waals surface area contributed by atoms with Gasteiger partial charge in [-0.05, 0) is 109 Å². The second kappa shape index (κ2) is 60.4. The van der Waals surface area contributed by atoms with Gasteiger partial charge >= 0.3 is 17.9 Å². The van der Waals surface area contributed by atoms with Gasteiger partial charge in [-0.15, -0.1) is 0 Å². The second-order valence-electron chi connectivity index (χ2n) is 19.5. The highest BCUT2D eigenvalue weighted by Crippen LogP contribution is 2.15. The summed E-state index contributed by atoms with van der Waals surface area (Å²) in [6.07, 6.45) is 83.8. The standard InChI is InChI=1S/C67H110O6/c1-4-7-10-13-16-19-22-24-25-26-27-28-29-30-31-32-33-34-35-36-37-38-39-40-41-43-45-48-51-54-57-60-66(69)72-63-64(62-71-65(68)59-56-53-50-47-44-21-18-15-12-9-6-3)73-67(70)61-58-55-52-49-46-42-23-20-17-14-11-8-5-2/h7-8,10-11,15-20,24-25,27-28,30-31,42,46,52,55,64H,4-6,9,12-14,21-23,26,29,32-41,43-45,47-51,53-54,56-63H2,1-3H3/b10-7-,11-8-,18-15-,19-16-,20-17-,25-24-,28-27-,31-30-,46-42-,55-52-. The molecule has 0 amide bonds. The van der Waals surface area contributed by atoms with Crippen LogP contribution in [0.15, 0.2) is 122 Å². The Kier molecular flexibility index (Phi) is 56.9. The molecule has 0 heterocycles. The first-order valence-corrected chi connectivity index (χ1v) is 30.0. The van der Waals surface area contributed by atoms with E-state index in [0.29, 0.717) is 19.3 Å². The van der Waals surface area contributed by atoms with Crippen molar-refractivity contribution in [2.75, 3.05) is 13.2 Å². The van der Waals surface area contributed by atoms with Crippen LogP contribution in [-0.4, -0.2) is 37.2 Å². The van der Waals surface area contributed by atoms with Gasteiger partial charge in [0, 0.05) is 19.3 Å². The van der Waals surface area contributed by atoms with Gasteiger partial charge in [0.1, 0.15) is 13.2 Å². The van der Waals surface area contributed by atoms with Crippen LogP contribution in [0.4, 0.5) is 0 Å². The zero-order valence-electron chi connectivity index (χ0n) is 47.4. The molecule has 0 fully saturated rings. The monoisotopic (exact) mass is 1010 g/mol. The smallest absolute Gasteiger partial charge is 0.306 e. The summed E-state index contributed by atoms with van der Waals surface area (Å²) in [5, 5.41) is 0. The maximum atomic E-state index is 12.8. The van der Waals surface area contributed by atoms with Crippen LogP contribution in [0.3, 0.4) is 0 Å². The fraction of sp³-hybridized carbons (Fsp3) is 0.657. The van der Waals surface area contributed by atoms with E-state index in [1.807, 2.05) is 12.2 Å². The first-order chi connectivity index (χ1) is 36.0. The number of ether oxygens (including phenoxy) is 3. The van der Waals surface area contributed by atoms with Gasteiger partial charge in [0.25, 0.3) is 0 Å². The maximum Gasteiger partial charge on any atom is 0.306 e. The summed E-state index contributed by atoms with van der Waals surface area (Å²) in [5.41, 5.74) is 0. The summed E-state index contributed by atoms with van der Waals surface area (Å²) < 4.78 is 16.7. The minimum atomic E-state index is -0.820. The van der Waals surface area contributed by atoms with Crippen molar-refractivity contribution in [2.24, 2.45) is 0 Å². The van der Waals surface area contributed by atoms with Gasteiger partial charge in [-0.2, -0.15) is 0 Å². The van der Waals surface area contributed by atoms with E-state index in [0.717, 1.165) is 109 Å². The number of carbonyl (C=O) groups excluding carboxylic acids is 3. The third-order valence-corrected chi connectivity index (χ3v) is 12.4. The van der Waals surface area contributed by atoms with E-state index in [2.05, 4.69) is 130 Å². The zero-order chi connectivity index (χ0) is 52.9. The summed E-state index contributed by atoms with van der Waals surface area (Å²) in [6.45, 7) is 6.30. The van der Waals surface area contributed by atoms with E-state index < -0.39 is 12.1 Å². The first kappa shape index (κ1) is 68.8. The highest BCUT2D eigenvalue weighted by atomic mass is 16.6. The Hall–Kier alpha value is -4.19. The summed E-state index contributed by atoms with van der Waals surface area (Å²) >= 11 is 0. The quantitative estimate of drug-likeness (QED) is 0.0261. The summed E-state index contributed by atoms with van der Waals surface area (Å²) in [6, 6.07) is 0. The molecule has 0 N–H and O–H groups in total. The highest BCUT2D eigenvalue weighted by Gasteiger charge is 2.19. The molecule has 0 aliphatic carbocycles. The topological polar surface area (TPSA) is 78.9 Å². The lowest BCUT2D eigenvalue weighted by atomic mass is 10.0. The molecule has 1 atom stereocenters. The number of unbranched alkanes of at least 4 members (excludes halogenated alkanes) is 22. The molecule has 0 aliphatic heterocycles. The van der Waals surface area contributed by atoms with E-state index in [9.17, 15) is 14.4 Å². The SMILES string of the molecule is CC/C=C\C/C=C\C/C=C\C/C=C\C/C=C\CCCCCCCCCCCCCCCCCC(=O)OCC(COC(=O)CCCCCCC/C=C\CCCC)OC(=O)CC/C=C\C/C=C\C/C=C\C/C=C\CC. The number of rotatable bonds is 53. The molecule has 414 valence electrons. The fourth-order valence-corrected chi connectivity index (χ4v) is 7.99. The van der Waals surface area contributed by atoms with Crippen LogP contribution in [0.2, 0.25) is 0 Å². The highest BCUT2D eigenvalue weighted by molar-refractivity contribution is 5.71. The molecule has 0 rings (SSSR count). The van der Waals surface area contributed by atoms with E-state index in [1.165, 1.54) is 109 Å². The average Bonchev–Trinajstić information content (AvgIpc) is 3.39. The summed E-state index contributed by atoms with van der Waals surface area (Å²) in [7, 11) is 0. The van der Waals surface area contributed by atoms with Crippen LogP contribution in [0.5, 0.6) is 0 Å². The molecule has 6 heteroatoms. The number of hydrogen-bond acceptors (Lipinski definition) is 6. The van der Waals surface area contributed by atoms with Crippen molar-refractivity contribution in [3.05, 3.63) is 122 Å². The zero-order valence-corrected chi connectivity index (χ0v) is 47.4. The molecule has 0 saturated heterocycles. The van der Waals surface area contributed by atoms with Gasteiger partial charge in [0.15, 0.2) is 6.10 Å². The molecule has 73 heavy (non-hydrogen) atoms. The minimum absolute atomic E-state index is 0.110. The van der Waals surface area contributed by atoms with E-state index in [1.54, 1.807) is 0 Å². The maximum absolute atomic E-state index is 12.8. The van der Waals surface area contributed by atoms with Crippen molar-refractivity contribution in [2.45, 2.75) is 271 Å². The summed E-state index contributed by atoms with van der Waals surface area (Å²) in [4.78, 5) is 38.0. The average molecular weight is 1010 g/mol. The Labute approximate surface area is 450 Å². The number of carbonyl (C=O) groups is 3. The van der Waals surface area contributed by atoms with E-state index in [-0.39, 0.29) is 31.6 Å². The van der Waals surface area contributed by atoms with Crippen LogP contribution in [0, 0.1) is 0 Å². The number of hydrogen-bond donors (Lipinski definition) is 0. The van der Waals surface area contributed by atoms with Gasteiger partial charge < -0.3 is 14.2 Å². The molecule has 0 aromatic heterocycles. The number of allylic oxidation sites excluding steroid dienone is 20. The molecule has 6 nitrogen and oxygen atoms in total. The Morgan fingerprint density at radius 1 is 0.288 bits per heavy atom. The van der Waals surface area contributed by atoms with Crippen molar-refractivity contribution < 1.29 is 28.6 Å². The molecule has 0 aromatic carbocycles. The van der Waals surface area contributed by atoms with Gasteiger partial charge in [-0.3, -0.25) is 14.4 Å². The molecule has 0 saturated carbocycles. The fourth-order valence-electron chi connectivity index (χ4n) is 7.99. The third-order valence-electron chi connectivity index (χ3n) is 12.4. The van der Waals surface area contributed by atoms with Crippen molar-refractivity contribution in [1.29, 1.82) is 0 Å². The Balaban J connectivity index is 4.19. The molecular weight excluding hydrogens is 901 g/mol. The normalized spacial score (nSPS) is 13.0. The lowest BCUT2D eigenvalue weighted by Gasteiger charge is -2.18. The van der Waals surface area contributed by atoms with E-state index in [4.69, 9.17) is 14.2 Å². The summed E-state index contributed by atoms with van der Waals surface area (Å²) in [5.74, 6) is -1.00. The van der Waals surface area contributed by atoms with Crippen molar-refractivity contribution >= 4 is 17.9 Å². The van der Waals surface area contributed by atoms with Crippen molar-refractivity contribution in [1.82, 2.24) is 0 Å². The first-order valence-electron chi connectivity index (χ1n) is 30.0. The van der Waals surface area contributed by atoms with Gasteiger partial charge in [-0.1, -0.05) is 258 Å². The van der Waals surface area contributed by atoms with Crippen LogP contribution in [-0.2, 0) is 28.6 Å². The molecule has 0 radical (unpaired) electrons. The third kappa shape index (κ3) is 58.6. The predicted molar refractivity (Wildman–Crippen MR) is 316 cm³/mol. The Morgan fingerprint density at radius 3 is 0.904 bits per heavy atom. The van der Waals surface area contributed by atoms with Crippen LogP contribution < -0.4 is 0 Å². The van der Waals surface area contributed by atoms with Gasteiger partial charge in [-0.25, -0.2) is 0 Å². The molecule has 0 aromatic rings. The van der Waals surface area contributed by atoms with Gasteiger partial charge in [0.05, 0.1) is 0 Å². The Morgan fingerprint density at radius 2 is 0.562 bits per heavy atom. The molecule has 0 spiro atoms. The van der Waals surface area contributed by atoms with Gasteiger partial charge in [0.2, 0.25) is 0 Å². The van der Waals surface area contributed by atoms with Crippen LogP contribution in [0.1, 0.15) is 265 Å². The molecular formula is C67H110O6. The van der Waals surface area contributed by atoms with Crippen LogP contribution in [0.25, 0.3) is 0 Å².